The van der Waals surface area contributed by atoms with Gasteiger partial charge in [0.05, 0.1) is 13.2 Å². The minimum atomic E-state index is 0.815. The zero-order valence-electron chi connectivity index (χ0n) is 10.6. The zero-order valence-corrected chi connectivity index (χ0v) is 10.6. The van der Waals surface area contributed by atoms with Gasteiger partial charge in [-0.25, -0.2) is 4.98 Å². The number of hydrogen-bond donors (Lipinski definition) is 0. The van der Waals surface area contributed by atoms with Crippen LogP contribution >= 0.6 is 0 Å². The Bertz CT molecular complexity index is 296. The van der Waals surface area contributed by atoms with E-state index in [-0.39, 0.29) is 0 Å². The predicted octanol–water partition coefficient (Wildman–Crippen LogP) is 2.64. The number of aryl methyl sites for hydroxylation is 1. The number of aromatic nitrogens is 1. The molecule has 3 nitrogen and oxygen atoms in total. The lowest BCUT2D eigenvalue weighted by molar-refractivity contribution is 0.122. The van der Waals surface area contributed by atoms with E-state index in [2.05, 4.69) is 29.8 Å². The fourth-order valence-electron chi connectivity index (χ4n) is 1.50. The Morgan fingerprint density at radius 1 is 1.25 bits per heavy atom. The third kappa shape index (κ3) is 4.19. The fourth-order valence-corrected chi connectivity index (χ4v) is 1.50. The van der Waals surface area contributed by atoms with Crippen LogP contribution < -0.4 is 4.90 Å². The van der Waals surface area contributed by atoms with Crippen LogP contribution in [0.5, 0.6) is 0 Å². The molecule has 0 spiro atoms. The van der Waals surface area contributed by atoms with E-state index in [0.29, 0.717) is 0 Å². The van der Waals surface area contributed by atoms with Crippen LogP contribution in [0.4, 0.5) is 5.82 Å². The van der Waals surface area contributed by atoms with Gasteiger partial charge in [0, 0.05) is 18.8 Å². The van der Waals surface area contributed by atoms with Crippen LogP contribution in [-0.2, 0) is 4.74 Å². The molecule has 0 aromatic carbocycles. The molecule has 1 aromatic heterocycles. The van der Waals surface area contributed by atoms with E-state index < -0.39 is 0 Å². The average molecular weight is 222 g/mol. The largest absolute Gasteiger partial charge is 0.378 e. The van der Waals surface area contributed by atoms with Gasteiger partial charge in [-0.05, 0) is 19.1 Å². The Labute approximate surface area is 98.4 Å². The summed E-state index contributed by atoms with van der Waals surface area (Å²) in [6, 6.07) is 6.12. The van der Waals surface area contributed by atoms with Gasteiger partial charge < -0.3 is 9.64 Å². The van der Waals surface area contributed by atoms with Gasteiger partial charge in [-0.15, -0.1) is 0 Å². The number of ether oxygens (including phenoxy) is 1. The molecular formula is C13H22N2O. The Kier molecular flexibility index (Phi) is 5.86. The van der Waals surface area contributed by atoms with Crippen molar-refractivity contribution in [2.45, 2.75) is 27.2 Å². The van der Waals surface area contributed by atoms with E-state index in [1.54, 1.807) is 0 Å². The third-order valence-electron chi connectivity index (χ3n) is 2.21. The lowest BCUT2D eigenvalue weighted by atomic mass is 10.3. The molecule has 0 radical (unpaired) electrons. The second kappa shape index (κ2) is 7.23. The minimum Gasteiger partial charge on any atom is -0.378 e. The van der Waals surface area contributed by atoms with Gasteiger partial charge in [0.1, 0.15) is 5.82 Å². The predicted molar refractivity (Wildman–Crippen MR) is 68.0 cm³/mol. The van der Waals surface area contributed by atoms with Crippen molar-refractivity contribution in [3.8, 4) is 0 Å². The monoisotopic (exact) mass is 222 g/mol. The highest BCUT2D eigenvalue weighted by atomic mass is 16.5. The number of morpholine rings is 1. The summed E-state index contributed by atoms with van der Waals surface area (Å²) in [6.45, 7) is 9.81. The van der Waals surface area contributed by atoms with Crippen molar-refractivity contribution in [2.75, 3.05) is 31.2 Å². The lowest BCUT2D eigenvalue weighted by Gasteiger charge is -2.27. The number of nitrogens with zero attached hydrogens (tertiary/aromatic N) is 2. The highest BCUT2D eigenvalue weighted by molar-refractivity contribution is 5.39. The van der Waals surface area contributed by atoms with Gasteiger partial charge in [0.2, 0.25) is 0 Å². The maximum Gasteiger partial charge on any atom is 0.128 e. The van der Waals surface area contributed by atoms with Crippen molar-refractivity contribution in [1.29, 1.82) is 0 Å². The summed E-state index contributed by atoms with van der Waals surface area (Å²) < 4.78 is 5.28. The van der Waals surface area contributed by atoms with E-state index in [1.165, 1.54) is 6.42 Å². The SMILES string of the molecule is CCC.Cc1cccc(N2CCOCC2)n1. The molecule has 1 aliphatic heterocycles. The number of rotatable bonds is 1. The first kappa shape index (κ1) is 13.0. The number of hydrogen-bond acceptors (Lipinski definition) is 3. The second-order valence-corrected chi connectivity index (χ2v) is 3.94. The molecule has 0 amide bonds. The van der Waals surface area contributed by atoms with Crippen molar-refractivity contribution in [3.63, 3.8) is 0 Å². The Hall–Kier alpha value is -1.09. The van der Waals surface area contributed by atoms with Gasteiger partial charge in [-0.1, -0.05) is 26.3 Å². The van der Waals surface area contributed by atoms with Crippen molar-refractivity contribution < 1.29 is 4.74 Å². The molecular weight excluding hydrogens is 200 g/mol. The third-order valence-corrected chi connectivity index (χ3v) is 2.21. The molecule has 90 valence electrons. The Balaban J connectivity index is 0.000000386. The van der Waals surface area contributed by atoms with Gasteiger partial charge in [-0.2, -0.15) is 0 Å². The Morgan fingerprint density at radius 2 is 1.88 bits per heavy atom. The number of anilines is 1. The minimum absolute atomic E-state index is 0.815. The van der Waals surface area contributed by atoms with Gasteiger partial charge >= 0.3 is 0 Å². The summed E-state index contributed by atoms with van der Waals surface area (Å²) in [7, 11) is 0. The molecule has 0 saturated carbocycles. The van der Waals surface area contributed by atoms with Gasteiger partial charge in [0.15, 0.2) is 0 Å². The van der Waals surface area contributed by atoms with E-state index in [4.69, 9.17) is 4.74 Å². The van der Waals surface area contributed by atoms with Gasteiger partial charge in [0.25, 0.3) is 0 Å². The first-order chi connectivity index (χ1) is 7.77. The summed E-state index contributed by atoms with van der Waals surface area (Å²) in [6.07, 6.45) is 1.25. The maximum atomic E-state index is 5.28. The molecule has 3 heteroatoms. The molecule has 1 fully saturated rings. The van der Waals surface area contributed by atoms with Crippen molar-refractivity contribution in [2.24, 2.45) is 0 Å². The topological polar surface area (TPSA) is 25.4 Å². The van der Waals surface area contributed by atoms with Crippen molar-refractivity contribution in [1.82, 2.24) is 4.98 Å². The maximum absolute atomic E-state index is 5.28. The van der Waals surface area contributed by atoms with Crippen molar-refractivity contribution >= 4 is 5.82 Å². The molecule has 0 unspecified atom stereocenters. The van der Waals surface area contributed by atoms with Crippen LogP contribution in [0.25, 0.3) is 0 Å². The summed E-state index contributed by atoms with van der Waals surface area (Å²) in [4.78, 5) is 6.73. The lowest BCUT2D eigenvalue weighted by Crippen LogP contribution is -2.36. The highest BCUT2D eigenvalue weighted by Crippen LogP contribution is 2.12. The van der Waals surface area contributed by atoms with E-state index in [9.17, 15) is 0 Å². The van der Waals surface area contributed by atoms with Crippen LogP contribution in [0.15, 0.2) is 18.2 Å². The Morgan fingerprint density at radius 3 is 2.44 bits per heavy atom. The smallest absolute Gasteiger partial charge is 0.128 e. The number of pyridine rings is 1. The van der Waals surface area contributed by atoms with E-state index in [0.717, 1.165) is 37.8 Å². The summed E-state index contributed by atoms with van der Waals surface area (Å²) in [5.41, 5.74) is 1.07. The molecule has 2 rings (SSSR count). The van der Waals surface area contributed by atoms with Crippen LogP contribution in [0.3, 0.4) is 0 Å². The zero-order chi connectivity index (χ0) is 11.8. The first-order valence-electron chi connectivity index (χ1n) is 6.04. The second-order valence-electron chi connectivity index (χ2n) is 3.94. The average Bonchev–Trinajstić information content (AvgIpc) is 2.31. The molecule has 0 N–H and O–H groups in total. The quantitative estimate of drug-likeness (QED) is 0.730. The van der Waals surface area contributed by atoms with Gasteiger partial charge in [-0.3, -0.25) is 0 Å². The van der Waals surface area contributed by atoms with Crippen LogP contribution in [0, 0.1) is 6.92 Å². The highest BCUT2D eigenvalue weighted by Gasteiger charge is 2.11. The molecule has 0 aliphatic carbocycles. The molecule has 16 heavy (non-hydrogen) atoms. The molecule has 2 heterocycles. The van der Waals surface area contributed by atoms with E-state index >= 15 is 0 Å². The first-order valence-corrected chi connectivity index (χ1v) is 6.04. The summed E-state index contributed by atoms with van der Waals surface area (Å²) in [5, 5.41) is 0. The fraction of sp³-hybridized carbons (Fsp3) is 0.615. The van der Waals surface area contributed by atoms with Crippen LogP contribution in [-0.4, -0.2) is 31.3 Å². The van der Waals surface area contributed by atoms with E-state index in [1.807, 2.05) is 19.1 Å². The van der Waals surface area contributed by atoms with Crippen LogP contribution in [0.2, 0.25) is 0 Å². The molecule has 1 saturated heterocycles. The van der Waals surface area contributed by atoms with Crippen LogP contribution in [0.1, 0.15) is 26.0 Å². The normalized spacial score (nSPS) is 15.3. The molecule has 0 bridgehead atoms. The van der Waals surface area contributed by atoms with Crippen molar-refractivity contribution in [3.05, 3.63) is 23.9 Å². The summed E-state index contributed by atoms with van der Waals surface area (Å²) in [5.74, 6) is 1.07. The molecule has 0 atom stereocenters. The summed E-state index contributed by atoms with van der Waals surface area (Å²) >= 11 is 0. The molecule has 1 aliphatic rings. The standard InChI is InChI=1S/C10H14N2O.C3H8/c1-9-3-2-4-10(11-9)12-5-7-13-8-6-12;1-3-2/h2-4H,5-8H2,1H3;3H2,1-2H3. The molecule has 1 aromatic rings.